The number of nitrogens with zero attached hydrogens (tertiary/aromatic N) is 3. The molecule has 1 aliphatic rings. The van der Waals surface area contributed by atoms with Crippen LogP contribution in [0.25, 0.3) is 0 Å². The summed E-state index contributed by atoms with van der Waals surface area (Å²) in [7, 11) is 1.68. The molecule has 1 saturated heterocycles. The molecule has 0 spiro atoms. The fourth-order valence-corrected chi connectivity index (χ4v) is 3.37. The molecule has 154 valence electrons. The first-order valence-corrected chi connectivity index (χ1v) is 9.63. The van der Waals surface area contributed by atoms with Crippen LogP contribution in [0.3, 0.4) is 0 Å². The summed E-state index contributed by atoms with van der Waals surface area (Å²) in [6.45, 7) is 4.04. The van der Waals surface area contributed by atoms with Crippen LogP contribution < -0.4 is 25.8 Å². The largest absolute Gasteiger partial charge is 0.495 e. The minimum atomic E-state index is -0.727. The number of benzene rings is 2. The van der Waals surface area contributed by atoms with Crippen molar-refractivity contribution in [1.82, 2.24) is 10.3 Å². The summed E-state index contributed by atoms with van der Waals surface area (Å²) in [4.78, 5) is 28.5. The van der Waals surface area contributed by atoms with Crippen molar-refractivity contribution >= 4 is 23.3 Å². The van der Waals surface area contributed by atoms with E-state index in [1.54, 1.807) is 31.4 Å². The maximum absolute atomic E-state index is 12.3. The molecule has 8 heteroatoms. The standard InChI is InChI=1S/C21H27N5O3/c1-29-19-10-6-5-9-18(19)25-15-13-24(14-16-25)12-11-20(27)23-26(21(22)28)17-7-3-2-4-8-17/h2-10H,11-16H2,1H3,(H2,22,28)(H,23,27). The summed E-state index contributed by atoms with van der Waals surface area (Å²) in [6.07, 6.45) is 0.283. The maximum Gasteiger partial charge on any atom is 0.338 e. The lowest BCUT2D eigenvalue weighted by Gasteiger charge is -2.36. The fraction of sp³-hybridized carbons (Fsp3) is 0.333. The van der Waals surface area contributed by atoms with Crippen LogP contribution in [-0.2, 0) is 4.79 Å². The lowest BCUT2D eigenvalue weighted by Crippen LogP contribution is -2.51. The number of methoxy groups -OCH3 is 1. The van der Waals surface area contributed by atoms with Crippen LogP contribution in [0, 0.1) is 0 Å². The molecule has 29 heavy (non-hydrogen) atoms. The van der Waals surface area contributed by atoms with Crippen molar-refractivity contribution in [3.05, 3.63) is 54.6 Å². The van der Waals surface area contributed by atoms with Crippen molar-refractivity contribution in [3.8, 4) is 5.75 Å². The molecule has 2 aromatic rings. The number of anilines is 2. The Hall–Kier alpha value is -3.26. The van der Waals surface area contributed by atoms with Gasteiger partial charge in [0.1, 0.15) is 5.75 Å². The molecule has 8 nitrogen and oxygen atoms in total. The highest BCUT2D eigenvalue weighted by atomic mass is 16.5. The highest BCUT2D eigenvalue weighted by Crippen LogP contribution is 2.28. The molecular formula is C21H27N5O3. The summed E-state index contributed by atoms with van der Waals surface area (Å²) in [5.74, 6) is 0.618. The van der Waals surface area contributed by atoms with E-state index < -0.39 is 6.03 Å². The first-order valence-electron chi connectivity index (χ1n) is 9.63. The van der Waals surface area contributed by atoms with Gasteiger partial charge in [0.2, 0.25) is 5.91 Å². The zero-order valence-electron chi connectivity index (χ0n) is 16.6. The van der Waals surface area contributed by atoms with Crippen LogP contribution in [0.15, 0.2) is 54.6 Å². The van der Waals surface area contributed by atoms with Crippen LogP contribution in [0.2, 0.25) is 0 Å². The van der Waals surface area contributed by atoms with E-state index in [-0.39, 0.29) is 12.3 Å². The van der Waals surface area contributed by atoms with Crippen molar-refractivity contribution in [2.75, 3.05) is 49.7 Å². The summed E-state index contributed by atoms with van der Waals surface area (Å²) in [5.41, 5.74) is 9.60. The van der Waals surface area contributed by atoms with Gasteiger partial charge in [-0.3, -0.25) is 15.1 Å². The summed E-state index contributed by atoms with van der Waals surface area (Å²) in [5, 5.41) is 1.07. The van der Waals surface area contributed by atoms with Gasteiger partial charge >= 0.3 is 6.03 Å². The van der Waals surface area contributed by atoms with E-state index in [2.05, 4.69) is 21.3 Å². The van der Waals surface area contributed by atoms with E-state index in [0.29, 0.717) is 12.2 Å². The number of hydrogen-bond acceptors (Lipinski definition) is 5. The minimum Gasteiger partial charge on any atom is -0.495 e. The summed E-state index contributed by atoms with van der Waals surface area (Å²) in [6, 6.07) is 16.1. The quantitative estimate of drug-likeness (QED) is 0.726. The number of hydrazine groups is 1. The smallest absolute Gasteiger partial charge is 0.338 e. The predicted molar refractivity (Wildman–Crippen MR) is 113 cm³/mol. The first kappa shape index (κ1) is 20.5. The van der Waals surface area contributed by atoms with Gasteiger partial charge in [0.05, 0.1) is 18.5 Å². The molecule has 1 aliphatic heterocycles. The van der Waals surface area contributed by atoms with Gasteiger partial charge in [-0.2, -0.15) is 0 Å². The Balaban J connectivity index is 1.47. The van der Waals surface area contributed by atoms with Gasteiger partial charge in [-0.15, -0.1) is 0 Å². The van der Waals surface area contributed by atoms with Crippen LogP contribution in [0.4, 0.5) is 16.2 Å². The highest BCUT2D eigenvalue weighted by molar-refractivity contribution is 5.94. The number of ether oxygens (including phenoxy) is 1. The highest BCUT2D eigenvalue weighted by Gasteiger charge is 2.21. The molecule has 2 aromatic carbocycles. The molecule has 0 saturated carbocycles. The van der Waals surface area contributed by atoms with E-state index >= 15 is 0 Å². The Morgan fingerprint density at radius 2 is 1.69 bits per heavy atom. The third kappa shape index (κ3) is 5.39. The lowest BCUT2D eigenvalue weighted by molar-refractivity contribution is -0.121. The predicted octanol–water partition coefficient (Wildman–Crippen LogP) is 1.82. The van der Waals surface area contributed by atoms with Gasteiger partial charge in [-0.1, -0.05) is 30.3 Å². The van der Waals surface area contributed by atoms with Gasteiger partial charge in [-0.25, -0.2) is 9.80 Å². The van der Waals surface area contributed by atoms with E-state index in [4.69, 9.17) is 10.5 Å². The molecule has 0 unspecified atom stereocenters. The van der Waals surface area contributed by atoms with Gasteiger partial charge in [-0.05, 0) is 24.3 Å². The molecule has 0 aliphatic carbocycles. The molecule has 3 N–H and O–H groups in total. The zero-order chi connectivity index (χ0) is 20.6. The number of urea groups is 1. The Bertz CT molecular complexity index is 822. The zero-order valence-corrected chi connectivity index (χ0v) is 16.6. The van der Waals surface area contributed by atoms with Crippen LogP contribution >= 0.6 is 0 Å². The molecule has 3 rings (SSSR count). The second-order valence-corrected chi connectivity index (χ2v) is 6.79. The molecule has 0 radical (unpaired) electrons. The minimum absolute atomic E-state index is 0.250. The van der Waals surface area contributed by atoms with Crippen molar-refractivity contribution < 1.29 is 14.3 Å². The Morgan fingerprint density at radius 3 is 2.34 bits per heavy atom. The number of nitrogens with two attached hydrogens (primary N) is 1. The number of para-hydroxylation sites is 3. The Kier molecular flexibility index (Phi) is 6.91. The average molecular weight is 397 g/mol. The number of rotatable bonds is 6. The van der Waals surface area contributed by atoms with Crippen molar-refractivity contribution in [1.29, 1.82) is 0 Å². The maximum atomic E-state index is 12.3. The molecule has 0 aromatic heterocycles. The fourth-order valence-electron chi connectivity index (χ4n) is 3.37. The van der Waals surface area contributed by atoms with Crippen LogP contribution in [0.5, 0.6) is 5.75 Å². The summed E-state index contributed by atoms with van der Waals surface area (Å²) < 4.78 is 5.45. The average Bonchev–Trinajstić information content (AvgIpc) is 2.76. The van der Waals surface area contributed by atoms with E-state index in [1.165, 1.54) is 0 Å². The van der Waals surface area contributed by atoms with Crippen molar-refractivity contribution in [3.63, 3.8) is 0 Å². The molecular weight excluding hydrogens is 370 g/mol. The second kappa shape index (κ2) is 9.79. The lowest BCUT2D eigenvalue weighted by atomic mass is 10.2. The van der Waals surface area contributed by atoms with Crippen LogP contribution in [0.1, 0.15) is 6.42 Å². The number of hydrogen-bond donors (Lipinski definition) is 2. The molecule has 0 bridgehead atoms. The van der Waals surface area contributed by atoms with Gasteiger partial charge < -0.3 is 15.4 Å². The third-order valence-electron chi connectivity index (χ3n) is 4.92. The number of primary amides is 1. The van der Waals surface area contributed by atoms with Gasteiger partial charge in [0.15, 0.2) is 0 Å². The monoisotopic (exact) mass is 397 g/mol. The normalized spacial score (nSPS) is 14.3. The first-order chi connectivity index (χ1) is 14.1. The molecule has 1 heterocycles. The number of carbonyl (C=O) groups is 2. The SMILES string of the molecule is COc1ccccc1N1CCN(CCC(=O)NN(C(N)=O)c2ccccc2)CC1. The number of carbonyl (C=O) groups excluding carboxylic acids is 2. The van der Waals surface area contributed by atoms with E-state index in [9.17, 15) is 9.59 Å². The Labute approximate surface area is 170 Å². The van der Waals surface area contributed by atoms with Gasteiger partial charge in [0.25, 0.3) is 0 Å². The number of nitrogens with one attached hydrogen (secondary N) is 1. The van der Waals surface area contributed by atoms with E-state index in [0.717, 1.165) is 42.6 Å². The Morgan fingerprint density at radius 1 is 1.03 bits per heavy atom. The summed E-state index contributed by atoms with van der Waals surface area (Å²) >= 11 is 0. The molecule has 0 atom stereocenters. The topological polar surface area (TPSA) is 91.1 Å². The van der Waals surface area contributed by atoms with Crippen molar-refractivity contribution in [2.45, 2.75) is 6.42 Å². The third-order valence-corrected chi connectivity index (χ3v) is 4.92. The number of piperazine rings is 1. The molecule has 3 amide bonds. The van der Waals surface area contributed by atoms with E-state index in [1.807, 2.05) is 24.3 Å². The van der Waals surface area contributed by atoms with Gasteiger partial charge in [0, 0.05) is 39.1 Å². The second-order valence-electron chi connectivity index (χ2n) is 6.79. The van der Waals surface area contributed by atoms with Crippen molar-refractivity contribution in [2.24, 2.45) is 5.73 Å². The van der Waals surface area contributed by atoms with Crippen LogP contribution in [-0.4, -0.2) is 56.7 Å². The number of amides is 3. The molecule has 1 fully saturated rings.